The predicted molar refractivity (Wildman–Crippen MR) is 51.5 cm³/mol. The Balaban J connectivity index is 2.49. The summed E-state index contributed by atoms with van der Waals surface area (Å²) in [5.74, 6) is -1.28. The SMILES string of the molecule is O=Cc1ccc(-c2ccc(F)cc2F)[nH]1. The van der Waals surface area contributed by atoms with Gasteiger partial charge in [-0.2, -0.15) is 0 Å². The molecule has 0 aliphatic carbocycles. The van der Waals surface area contributed by atoms with Crippen molar-refractivity contribution in [2.24, 2.45) is 0 Å². The second-order valence-corrected chi connectivity index (χ2v) is 3.07. The second-order valence-electron chi connectivity index (χ2n) is 3.07. The molecule has 2 rings (SSSR count). The number of aromatic nitrogens is 1. The van der Waals surface area contributed by atoms with E-state index in [9.17, 15) is 13.6 Å². The van der Waals surface area contributed by atoms with Gasteiger partial charge in [-0.15, -0.1) is 0 Å². The lowest BCUT2D eigenvalue weighted by Crippen LogP contribution is -1.87. The number of carbonyl (C=O) groups excluding carboxylic acids is 1. The molecule has 0 aliphatic rings. The van der Waals surface area contributed by atoms with E-state index in [1.54, 1.807) is 6.07 Å². The predicted octanol–water partition coefficient (Wildman–Crippen LogP) is 2.77. The lowest BCUT2D eigenvalue weighted by molar-refractivity contribution is 0.111. The summed E-state index contributed by atoms with van der Waals surface area (Å²) < 4.78 is 25.9. The van der Waals surface area contributed by atoms with Crippen molar-refractivity contribution in [2.45, 2.75) is 0 Å². The molecule has 0 amide bonds. The van der Waals surface area contributed by atoms with Crippen molar-refractivity contribution in [3.63, 3.8) is 0 Å². The summed E-state index contributed by atoms with van der Waals surface area (Å²) in [6.07, 6.45) is 0.630. The van der Waals surface area contributed by atoms with Gasteiger partial charge in [-0.05, 0) is 24.3 Å². The molecule has 1 heterocycles. The summed E-state index contributed by atoms with van der Waals surface area (Å²) in [5.41, 5.74) is 1.05. The number of H-pyrrole nitrogens is 1. The number of hydrogen-bond donors (Lipinski definition) is 1. The van der Waals surface area contributed by atoms with Crippen molar-refractivity contribution >= 4 is 6.29 Å². The van der Waals surface area contributed by atoms with Gasteiger partial charge in [0.1, 0.15) is 11.6 Å². The van der Waals surface area contributed by atoms with Gasteiger partial charge in [0.2, 0.25) is 0 Å². The van der Waals surface area contributed by atoms with Crippen LogP contribution in [0.25, 0.3) is 11.3 Å². The Morgan fingerprint density at radius 2 is 1.93 bits per heavy atom. The summed E-state index contributed by atoms with van der Waals surface area (Å²) in [5, 5.41) is 0. The Morgan fingerprint density at radius 3 is 2.53 bits per heavy atom. The molecule has 4 heteroatoms. The normalized spacial score (nSPS) is 10.3. The lowest BCUT2D eigenvalue weighted by Gasteiger charge is -1.99. The van der Waals surface area contributed by atoms with E-state index in [1.807, 2.05) is 0 Å². The van der Waals surface area contributed by atoms with Crippen LogP contribution in [0.5, 0.6) is 0 Å². The molecule has 2 nitrogen and oxygen atoms in total. The van der Waals surface area contributed by atoms with Crippen LogP contribution in [0.3, 0.4) is 0 Å². The van der Waals surface area contributed by atoms with Gasteiger partial charge in [-0.25, -0.2) is 8.78 Å². The van der Waals surface area contributed by atoms with Crippen molar-refractivity contribution in [1.29, 1.82) is 0 Å². The third kappa shape index (κ3) is 1.79. The molecule has 0 aliphatic heterocycles. The Morgan fingerprint density at radius 1 is 1.13 bits per heavy atom. The molecular formula is C11H7F2NO. The smallest absolute Gasteiger partial charge is 0.166 e. The van der Waals surface area contributed by atoms with Crippen LogP contribution in [0.4, 0.5) is 8.78 Å². The molecule has 2 aromatic rings. The van der Waals surface area contributed by atoms with Crippen LogP contribution in [0.15, 0.2) is 30.3 Å². The summed E-state index contributed by atoms with van der Waals surface area (Å²) in [7, 11) is 0. The standard InChI is InChI=1S/C11H7F2NO/c12-7-1-3-9(10(13)5-7)11-4-2-8(6-15)14-11/h1-6,14H. The number of carbonyl (C=O) groups is 1. The molecule has 1 N–H and O–H groups in total. The Bertz CT molecular complexity index is 505. The number of aromatic amines is 1. The number of hydrogen-bond acceptors (Lipinski definition) is 1. The van der Waals surface area contributed by atoms with Gasteiger partial charge in [-0.1, -0.05) is 0 Å². The van der Waals surface area contributed by atoms with E-state index in [0.29, 0.717) is 17.7 Å². The fraction of sp³-hybridized carbons (Fsp3) is 0. The molecule has 1 aromatic carbocycles. The van der Waals surface area contributed by atoms with Crippen LogP contribution >= 0.6 is 0 Å². The second kappa shape index (κ2) is 3.65. The average molecular weight is 207 g/mol. The minimum absolute atomic E-state index is 0.240. The van der Waals surface area contributed by atoms with Gasteiger partial charge < -0.3 is 4.98 Å². The highest BCUT2D eigenvalue weighted by atomic mass is 19.1. The molecule has 0 radical (unpaired) electrons. The van der Waals surface area contributed by atoms with Gasteiger partial charge in [0.15, 0.2) is 6.29 Å². The zero-order valence-electron chi connectivity index (χ0n) is 7.63. The van der Waals surface area contributed by atoms with Crippen LogP contribution in [0.1, 0.15) is 10.5 Å². The Kier molecular flexibility index (Phi) is 2.33. The lowest BCUT2D eigenvalue weighted by atomic mass is 10.1. The van der Waals surface area contributed by atoms with E-state index in [-0.39, 0.29) is 5.56 Å². The Labute approximate surface area is 84.6 Å². The fourth-order valence-corrected chi connectivity index (χ4v) is 1.35. The fourth-order valence-electron chi connectivity index (χ4n) is 1.35. The van der Waals surface area contributed by atoms with Crippen molar-refractivity contribution in [2.75, 3.05) is 0 Å². The molecular weight excluding hydrogens is 200 g/mol. The van der Waals surface area contributed by atoms with Gasteiger partial charge in [-0.3, -0.25) is 4.79 Å². The minimum Gasteiger partial charge on any atom is -0.352 e. The molecule has 15 heavy (non-hydrogen) atoms. The molecule has 0 fully saturated rings. The molecule has 0 saturated carbocycles. The molecule has 0 saturated heterocycles. The van der Waals surface area contributed by atoms with Gasteiger partial charge in [0.25, 0.3) is 0 Å². The number of benzene rings is 1. The van der Waals surface area contributed by atoms with E-state index in [1.165, 1.54) is 18.2 Å². The molecule has 0 atom stereocenters. The van der Waals surface area contributed by atoms with E-state index in [2.05, 4.69) is 4.98 Å². The molecule has 0 unspecified atom stereocenters. The highest BCUT2D eigenvalue weighted by Crippen LogP contribution is 2.22. The van der Waals surface area contributed by atoms with Crippen molar-refractivity contribution < 1.29 is 13.6 Å². The van der Waals surface area contributed by atoms with E-state index in [0.717, 1.165) is 6.07 Å². The maximum absolute atomic E-state index is 13.3. The van der Waals surface area contributed by atoms with E-state index >= 15 is 0 Å². The zero-order chi connectivity index (χ0) is 10.8. The maximum atomic E-state index is 13.3. The first-order chi connectivity index (χ1) is 7.20. The minimum atomic E-state index is -0.658. The number of nitrogens with one attached hydrogen (secondary N) is 1. The first-order valence-corrected chi connectivity index (χ1v) is 4.30. The monoisotopic (exact) mass is 207 g/mol. The van der Waals surface area contributed by atoms with Crippen LogP contribution in [-0.4, -0.2) is 11.3 Å². The third-order valence-corrected chi connectivity index (χ3v) is 2.06. The number of halogens is 2. The van der Waals surface area contributed by atoms with E-state index in [4.69, 9.17) is 0 Å². The summed E-state index contributed by atoms with van der Waals surface area (Å²) in [4.78, 5) is 13.1. The van der Waals surface area contributed by atoms with Crippen LogP contribution in [0, 0.1) is 11.6 Å². The molecule has 76 valence electrons. The van der Waals surface area contributed by atoms with Crippen molar-refractivity contribution in [1.82, 2.24) is 4.98 Å². The first kappa shape index (κ1) is 9.58. The van der Waals surface area contributed by atoms with Gasteiger partial charge in [0, 0.05) is 17.3 Å². The maximum Gasteiger partial charge on any atom is 0.166 e. The van der Waals surface area contributed by atoms with Crippen molar-refractivity contribution in [3.05, 3.63) is 47.7 Å². The first-order valence-electron chi connectivity index (χ1n) is 4.30. The summed E-state index contributed by atoms with van der Waals surface area (Å²) >= 11 is 0. The van der Waals surface area contributed by atoms with Crippen LogP contribution in [-0.2, 0) is 0 Å². The largest absolute Gasteiger partial charge is 0.352 e. The van der Waals surface area contributed by atoms with E-state index < -0.39 is 11.6 Å². The molecule has 0 spiro atoms. The van der Waals surface area contributed by atoms with Gasteiger partial charge in [0.05, 0.1) is 5.69 Å². The van der Waals surface area contributed by atoms with Gasteiger partial charge >= 0.3 is 0 Å². The summed E-state index contributed by atoms with van der Waals surface area (Å²) in [6.45, 7) is 0. The Hall–Kier alpha value is -1.97. The molecule has 0 bridgehead atoms. The number of aldehydes is 1. The van der Waals surface area contributed by atoms with Crippen molar-refractivity contribution in [3.8, 4) is 11.3 Å². The summed E-state index contributed by atoms with van der Waals surface area (Å²) in [6, 6.07) is 6.40. The van der Waals surface area contributed by atoms with Crippen LogP contribution < -0.4 is 0 Å². The average Bonchev–Trinajstić information content (AvgIpc) is 2.66. The number of rotatable bonds is 2. The zero-order valence-corrected chi connectivity index (χ0v) is 7.63. The quantitative estimate of drug-likeness (QED) is 0.754. The third-order valence-electron chi connectivity index (χ3n) is 2.06. The van der Waals surface area contributed by atoms with Crippen LogP contribution in [0.2, 0.25) is 0 Å². The molecule has 1 aromatic heterocycles. The topological polar surface area (TPSA) is 32.9 Å². The highest BCUT2D eigenvalue weighted by molar-refractivity contribution is 5.75. The highest BCUT2D eigenvalue weighted by Gasteiger charge is 2.07.